The zero-order chi connectivity index (χ0) is 22.2. The van der Waals surface area contributed by atoms with E-state index in [9.17, 15) is 9.59 Å². The molecule has 170 valence electrons. The zero-order valence-electron chi connectivity index (χ0n) is 19.0. The molecule has 0 aromatic heterocycles. The first-order chi connectivity index (χ1) is 14.6. The van der Waals surface area contributed by atoms with Crippen LogP contribution in [0, 0.1) is 11.8 Å². The lowest BCUT2D eigenvalue weighted by molar-refractivity contribution is 0.0218. The lowest BCUT2D eigenvalue weighted by atomic mass is 10.1. The Morgan fingerprint density at radius 1 is 0.667 bits per heavy atom. The highest BCUT2D eigenvalue weighted by atomic mass is 16.6. The van der Waals surface area contributed by atoms with E-state index in [0.717, 1.165) is 25.7 Å². The molecule has 0 heterocycles. The van der Waals surface area contributed by atoms with Crippen molar-refractivity contribution < 1.29 is 28.5 Å². The Kier molecular flexibility index (Phi) is 13.8. The Bertz CT molecular complexity index is 554. The third kappa shape index (κ3) is 9.72. The number of esters is 2. The minimum Gasteiger partial charge on any atom is -0.460 e. The Hall–Kier alpha value is -1.92. The molecule has 0 saturated heterocycles. The summed E-state index contributed by atoms with van der Waals surface area (Å²) in [6.45, 7) is 10.8. The van der Waals surface area contributed by atoms with Crippen molar-refractivity contribution in [2.45, 2.75) is 53.4 Å². The van der Waals surface area contributed by atoms with E-state index in [-0.39, 0.29) is 24.3 Å². The third-order valence-electron chi connectivity index (χ3n) is 5.31. The van der Waals surface area contributed by atoms with Crippen molar-refractivity contribution in [3.05, 3.63) is 35.4 Å². The average molecular weight is 423 g/mol. The highest BCUT2D eigenvalue weighted by molar-refractivity contribution is 6.03. The lowest BCUT2D eigenvalue weighted by Gasteiger charge is -2.14. The molecule has 0 atom stereocenters. The predicted molar refractivity (Wildman–Crippen MR) is 117 cm³/mol. The summed E-state index contributed by atoms with van der Waals surface area (Å²) in [7, 11) is 0. The van der Waals surface area contributed by atoms with Crippen LogP contribution in [-0.4, -0.2) is 51.6 Å². The van der Waals surface area contributed by atoms with Crippen molar-refractivity contribution >= 4 is 11.9 Å². The average Bonchev–Trinajstić information content (AvgIpc) is 2.78. The summed E-state index contributed by atoms with van der Waals surface area (Å²) >= 11 is 0. The van der Waals surface area contributed by atoms with Crippen LogP contribution in [0.1, 0.15) is 74.1 Å². The van der Waals surface area contributed by atoms with Crippen LogP contribution in [0.25, 0.3) is 0 Å². The largest absolute Gasteiger partial charge is 0.460 e. The molecule has 1 aromatic rings. The normalized spacial score (nSPS) is 11.1. The maximum absolute atomic E-state index is 12.4. The van der Waals surface area contributed by atoms with Crippen molar-refractivity contribution in [2.75, 3.05) is 39.6 Å². The maximum Gasteiger partial charge on any atom is 0.339 e. The van der Waals surface area contributed by atoms with Crippen molar-refractivity contribution in [1.82, 2.24) is 0 Å². The molecule has 6 nitrogen and oxygen atoms in total. The summed E-state index contributed by atoms with van der Waals surface area (Å²) in [5.74, 6) is -0.0673. The van der Waals surface area contributed by atoms with Crippen LogP contribution in [0.5, 0.6) is 0 Å². The number of hydrogen-bond donors (Lipinski definition) is 0. The molecule has 0 fully saturated rings. The molecular weight excluding hydrogens is 384 g/mol. The van der Waals surface area contributed by atoms with Gasteiger partial charge in [-0.05, 0) is 24.0 Å². The summed E-state index contributed by atoms with van der Waals surface area (Å²) in [4.78, 5) is 24.8. The Labute approximate surface area is 181 Å². The van der Waals surface area contributed by atoms with Gasteiger partial charge in [-0.2, -0.15) is 0 Å². The van der Waals surface area contributed by atoms with Crippen LogP contribution >= 0.6 is 0 Å². The fourth-order valence-corrected chi connectivity index (χ4v) is 2.93. The van der Waals surface area contributed by atoms with Crippen LogP contribution in [0.15, 0.2) is 24.3 Å². The van der Waals surface area contributed by atoms with E-state index in [0.29, 0.717) is 38.3 Å². The number of carbonyl (C=O) groups excluding carboxylic acids is 2. The van der Waals surface area contributed by atoms with Gasteiger partial charge in [-0.25, -0.2) is 9.59 Å². The Balaban J connectivity index is 2.42. The molecule has 0 radical (unpaired) electrons. The summed E-state index contributed by atoms with van der Waals surface area (Å²) in [5.41, 5.74) is 0.390. The van der Waals surface area contributed by atoms with Gasteiger partial charge in [-0.3, -0.25) is 0 Å². The fourth-order valence-electron chi connectivity index (χ4n) is 2.93. The molecule has 0 aliphatic heterocycles. The molecular formula is C24H38O6. The van der Waals surface area contributed by atoms with Gasteiger partial charge in [0, 0.05) is 13.2 Å². The number of rotatable bonds is 16. The van der Waals surface area contributed by atoms with Gasteiger partial charge in [-0.15, -0.1) is 0 Å². The van der Waals surface area contributed by atoms with Crippen LogP contribution < -0.4 is 0 Å². The summed E-state index contributed by atoms with van der Waals surface area (Å²) in [6.07, 6.45) is 4.26. The van der Waals surface area contributed by atoms with Crippen LogP contribution in [0.2, 0.25) is 0 Å². The van der Waals surface area contributed by atoms with Gasteiger partial charge >= 0.3 is 11.9 Å². The first-order valence-electron chi connectivity index (χ1n) is 11.2. The van der Waals surface area contributed by atoms with Gasteiger partial charge in [0.05, 0.1) is 24.3 Å². The summed E-state index contributed by atoms with van der Waals surface area (Å²) < 4.78 is 21.7. The van der Waals surface area contributed by atoms with Gasteiger partial charge < -0.3 is 18.9 Å². The van der Waals surface area contributed by atoms with Crippen LogP contribution in [-0.2, 0) is 18.9 Å². The zero-order valence-corrected chi connectivity index (χ0v) is 19.0. The molecule has 0 saturated carbocycles. The van der Waals surface area contributed by atoms with E-state index in [1.807, 2.05) is 0 Å². The second-order valence-electron chi connectivity index (χ2n) is 7.33. The molecule has 0 N–H and O–H groups in total. The highest BCUT2D eigenvalue weighted by Crippen LogP contribution is 2.13. The molecule has 0 bridgehead atoms. The maximum atomic E-state index is 12.4. The SMILES string of the molecule is CCC(CC)COCCOC(=O)c1ccccc1C(=O)OCCOCC(CC)CC. The first-order valence-corrected chi connectivity index (χ1v) is 11.2. The van der Waals surface area contributed by atoms with Crippen molar-refractivity contribution in [1.29, 1.82) is 0 Å². The third-order valence-corrected chi connectivity index (χ3v) is 5.31. The van der Waals surface area contributed by atoms with E-state index in [1.165, 1.54) is 0 Å². The van der Waals surface area contributed by atoms with Crippen molar-refractivity contribution in [3.63, 3.8) is 0 Å². The molecule has 6 heteroatoms. The van der Waals surface area contributed by atoms with E-state index >= 15 is 0 Å². The van der Waals surface area contributed by atoms with Gasteiger partial charge in [0.2, 0.25) is 0 Å². The van der Waals surface area contributed by atoms with Gasteiger partial charge in [-0.1, -0.05) is 65.5 Å². The monoisotopic (exact) mass is 422 g/mol. The van der Waals surface area contributed by atoms with Crippen molar-refractivity contribution in [2.24, 2.45) is 11.8 Å². The standard InChI is InChI=1S/C24H38O6/c1-5-19(6-2)17-27-13-15-29-23(25)21-11-9-10-12-22(21)24(26)30-16-14-28-18-20(7-3)8-4/h9-12,19-20H,5-8,13-18H2,1-4H3. The number of ether oxygens (including phenoxy) is 4. The summed E-state index contributed by atoms with van der Waals surface area (Å²) in [5, 5.41) is 0. The lowest BCUT2D eigenvalue weighted by Crippen LogP contribution is -2.18. The molecule has 0 amide bonds. The first kappa shape index (κ1) is 26.1. The second-order valence-corrected chi connectivity index (χ2v) is 7.33. The van der Waals surface area contributed by atoms with Gasteiger partial charge in [0.25, 0.3) is 0 Å². The summed E-state index contributed by atoms with van der Waals surface area (Å²) in [6, 6.07) is 6.51. The fraction of sp³-hybridized carbons (Fsp3) is 0.667. The van der Waals surface area contributed by atoms with E-state index in [1.54, 1.807) is 24.3 Å². The predicted octanol–water partition coefficient (Wildman–Crippen LogP) is 4.91. The topological polar surface area (TPSA) is 71.1 Å². The molecule has 0 aliphatic rings. The van der Waals surface area contributed by atoms with E-state index in [4.69, 9.17) is 18.9 Å². The van der Waals surface area contributed by atoms with Crippen molar-refractivity contribution in [3.8, 4) is 0 Å². The van der Waals surface area contributed by atoms with Crippen LogP contribution in [0.4, 0.5) is 0 Å². The highest BCUT2D eigenvalue weighted by Gasteiger charge is 2.19. The smallest absolute Gasteiger partial charge is 0.339 e. The minimum absolute atomic E-state index is 0.145. The van der Waals surface area contributed by atoms with Gasteiger partial charge in [0.15, 0.2) is 0 Å². The quantitative estimate of drug-likeness (QED) is 0.279. The molecule has 0 aliphatic carbocycles. The second kappa shape index (κ2) is 15.9. The van der Waals surface area contributed by atoms with E-state index in [2.05, 4.69) is 27.7 Å². The number of benzene rings is 1. The molecule has 1 rings (SSSR count). The molecule has 30 heavy (non-hydrogen) atoms. The molecule has 0 spiro atoms. The van der Waals surface area contributed by atoms with Gasteiger partial charge in [0.1, 0.15) is 13.2 Å². The number of carbonyl (C=O) groups is 2. The van der Waals surface area contributed by atoms with Crippen LogP contribution in [0.3, 0.4) is 0 Å². The Morgan fingerprint density at radius 2 is 1.03 bits per heavy atom. The number of hydrogen-bond acceptors (Lipinski definition) is 6. The van der Waals surface area contributed by atoms with E-state index < -0.39 is 11.9 Å². The molecule has 0 unspecified atom stereocenters. The minimum atomic E-state index is -0.557. The Morgan fingerprint density at radius 3 is 1.37 bits per heavy atom. The molecule has 1 aromatic carbocycles.